The summed E-state index contributed by atoms with van der Waals surface area (Å²) in [4.78, 5) is 2.41. The van der Waals surface area contributed by atoms with Gasteiger partial charge >= 0.3 is 0 Å². The predicted molar refractivity (Wildman–Crippen MR) is 162 cm³/mol. The summed E-state index contributed by atoms with van der Waals surface area (Å²) < 4.78 is 6.99. The molecule has 8 nitrogen and oxygen atoms in total. The standard InChI is InChI=1S/C24H32N6.C8H10O2/c1-4-29(17-10-15-22-13-6-5-7-14-22)18-16-25-19-23-26-27-28-30(23)24-20(2)11-8-9-12-21(24)3;9-6-7-10-8-4-2-1-3-5-8/h5-15,20,25H,4,16-19H2,1-3H3;1-5,9H,6-7H2/b15-10+;. The molecule has 0 fully saturated rings. The highest BCUT2D eigenvalue weighted by Gasteiger charge is 2.17. The molecule has 1 unspecified atom stereocenters. The van der Waals surface area contributed by atoms with Crippen molar-refractivity contribution < 1.29 is 9.84 Å². The second-order valence-electron chi connectivity index (χ2n) is 9.38. The van der Waals surface area contributed by atoms with Crippen molar-refractivity contribution in [1.82, 2.24) is 30.4 Å². The molecule has 1 heterocycles. The van der Waals surface area contributed by atoms with Gasteiger partial charge in [0, 0.05) is 25.6 Å². The third-order valence-corrected chi connectivity index (χ3v) is 6.37. The van der Waals surface area contributed by atoms with Crippen molar-refractivity contribution >= 4 is 11.8 Å². The van der Waals surface area contributed by atoms with E-state index in [0.29, 0.717) is 13.2 Å². The minimum Gasteiger partial charge on any atom is -0.491 e. The molecule has 0 spiro atoms. The zero-order chi connectivity index (χ0) is 28.4. The molecule has 0 aliphatic heterocycles. The van der Waals surface area contributed by atoms with Gasteiger partial charge < -0.3 is 15.2 Å². The molecular weight excluding hydrogens is 500 g/mol. The highest BCUT2D eigenvalue weighted by atomic mass is 16.5. The van der Waals surface area contributed by atoms with Crippen molar-refractivity contribution in [3.05, 3.63) is 108 Å². The molecule has 212 valence electrons. The third kappa shape index (κ3) is 10.4. The lowest BCUT2D eigenvalue weighted by Crippen LogP contribution is -2.32. The molecule has 1 aliphatic rings. The molecule has 1 aliphatic carbocycles. The molecule has 0 saturated heterocycles. The normalized spacial score (nSPS) is 14.9. The van der Waals surface area contributed by atoms with Gasteiger partial charge in [-0.3, -0.25) is 4.90 Å². The van der Waals surface area contributed by atoms with Gasteiger partial charge in [0.15, 0.2) is 5.82 Å². The maximum Gasteiger partial charge on any atom is 0.170 e. The van der Waals surface area contributed by atoms with Crippen LogP contribution in [0.1, 0.15) is 32.2 Å². The Morgan fingerprint density at radius 2 is 1.82 bits per heavy atom. The maximum absolute atomic E-state index is 8.40. The SMILES string of the molecule is CCN(C/C=C/c1ccccc1)CCNCc1nnnn1C1=C(C)C=CC=CC1C.OCCOc1ccccc1. The second kappa shape index (κ2) is 17.7. The van der Waals surface area contributed by atoms with Gasteiger partial charge in [0.05, 0.1) is 18.8 Å². The topological polar surface area (TPSA) is 88.3 Å². The van der Waals surface area contributed by atoms with E-state index in [-0.39, 0.29) is 12.5 Å². The Labute approximate surface area is 238 Å². The molecule has 1 atom stereocenters. The fourth-order valence-corrected chi connectivity index (χ4v) is 4.23. The number of aliphatic hydroxyl groups excluding tert-OH is 1. The number of aromatic nitrogens is 4. The molecule has 0 amide bonds. The van der Waals surface area contributed by atoms with Gasteiger partial charge in [-0.15, -0.1) is 5.10 Å². The van der Waals surface area contributed by atoms with Crippen LogP contribution < -0.4 is 10.1 Å². The number of rotatable bonds is 13. The van der Waals surface area contributed by atoms with Crippen molar-refractivity contribution in [2.75, 3.05) is 39.4 Å². The number of likely N-dealkylation sites (N-methyl/N-ethyl adjacent to an activating group) is 1. The van der Waals surface area contributed by atoms with Crippen LogP contribution in [-0.4, -0.2) is 69.6 Å². The molecule has 8 heteroatoms. The Bertz CT molecular complexity index is 1230. The van der Waals surface area contributed by atoms with Crippen LogP contribution in [0.5, 0.6) is 5.75 Å². The summed E-state index contributed by atoms with van der Waals surface area (Å²) in [5, 5.41) is 24.3. The Kier molecular flexibility index (Phi) is 13.6. The summed E-state index contributed by atoms with van der Waals surface area (Å²) in [7, 11) is 0. The van der Waals surface area contributed by atoms with E-state index in [1.54, 1.807) is 0 Å². The van der Waals surface area contributed by atoms with E-state index in [4.69, 9.17) is 9.84 Å². The number of aliphatic hydroxyl groups is 1. The average molecular weight is 543 g/mol. The van der Waals surface area contributed by atoms with Gasteiger partial charge in [0.25, 0.3) is 0 Å². The quantitative estimate of drug-likeness (QED) is 0.299. The van der Waals surface area contributed by atoms with Crippen LogP contribution in [0.4, 0.5) is 0 Å². The lowest BCUT2D eigenvalue weighted by atomic mass is 10.0. The van der Waals surface area contributed by atoms with Gasteiger partial charge in [-0.25, -0.2) is 0 Å². The van der Waals surface area contributed by atoms with E-state index >= 15 is 0 Å². The van der Waals surface area contributed by atoms with Crippen LogP contribution in [0.2, 0.25) is 0 Å². The van der Waals surface area contributed by atoms with E-state index in [0.717, 1.165) is 43.4 Å². The van der Waals surface area contributed by atoms with Gasteiger partial charge in [-0.05, 0) is 47.2 Å². The van der Waals surface area contributed by atoms with Crippen molar-refractivity contribution in [3.8, 4) is 5.75 Å². The number of hydrogen-bond acceptors (Lipinski definition) is 7. The second-order valence-corrected chi connectivity index (χ2v) is 9.38. The summed E-state index contributed by atoms with van der Waals surface area (Å²) in [6.45, 7) is 11.3. The first-order valence-electron chi connectivity index (χ1n) is 13.9. The number of nitrogens with one attached hydrogen (secondary N) is 1. The third-order valence-electron chi connectivity index (χ3n) is 6.37. The van der Waals surface area contributed by atoms with Crippen LogP contribution in [0, 0.1) is 5.92 Å². The van der Waals surface area contributed by atoms with Crippen molar-refractivity contribution in [3.63, 3.8) is 0 Å². The van der Waals surface area contributed by atoms with E-state index in [1.165, 1.54) is 11.1 Å². The molecule has 3 aromatic rings. The van der Waals surface area contributed by atoms with Crippen LogP contribution in [0.25, 0.3) is 11.8 Å². The molecule has 2 N–H and O–H groups in total. The number of hydrogen-bond donors (Lipinski definition) is 2. The Morgan fingerprint density at radius 3 is 2.55 bits per heavy atom. The Morgan fingerprint density at radius 1 is 1.07 bits per heavy atom. The van der Waals surface area contributed by atoms with E-state index in [2.05, 4.69) is 107 Å². The van der Waals surface area contributed by atoms with Crippen molar-refractivity contribution in [2.24, 2.45) is 5.92 Å². The molecule has 0 radical (unpaired) electrons. The number of benzene rings is 2. The van der Waals surface area contributed by atoms with Gasteiger partial charge in [-0.2, -0.15) is 4.68 Å². The van der Waals surface area contributed by atoms with Crippen LogP contribution in [0.3, 0.4) is 0 Å². The van der Waals surface area contributed by atoms with Crippen LogP contribution >= 0.6 is 0 Å². The Hall–Kier alpha value is -3.85. The fourth-order valence-electron chi connectivity index (χ4n) is 4.23. The molecule has 40 heavy (non-hydrogen) atoms. The smallest absolute Gasteiger partial charge is 0.170 e. The van der Waals surface area contributed by atoms with Gasteiger partial charge in [0.1, 0.15) is 12.4 Å². The Balaban J connectivity index is 0.000000371. The first kappa shape index (κ1) is 30.7. The largest absolute Gasteiger partial charge is 0.491 e. The highest BCUT2D eigenvalue weighted by molar-refractivity contribution is 5.58. The molecule has 2 aromatic carbocycles. The molecule has 1 aromatic heterocycles. The summed E-state index contributed by atoms with van der Waals surface area (Å²) in [5.74, 6) is 1.90. The van der Waals surface area contributed by atoms with Gasteiger partial charge in [-0.1, -0.05) is 98.8 Å². The first-order chi connectivity index (χ1) is 19.6. The van der Waals surface area contributed by atoms with Crippen molar-refractivity contribution in [2.45, 2.75) is 27.3 Å². The predicted octanol–water partition coefficient (Wildman–Crippen LogP) is 4.85. The zero-order valence-corrected chi connectivity index (χ0v) is 23.9. The molecule has 4 rings (SSSR count). The number of ether oxygens (including phenoxy) is 1. The first-order valence-corrected chi connectivity index (χ1v) is 13.9. The monoisotopic (exact) mass is 542 g/mol. The van der Waals surface area contributed by atoms with E-state index < -0.39 is 0 Å². The molecule has 0 saturated carbocycles. The van der Waals surface area contributed by atoms with Crippen molar-refractivity contribution in [1.29, 1.82) is 0 Å². The summed E-state index contributed by atoms with van der Waals surface area (Å²) >= 11 is 0. The fraction of sp³-hybridized carbons (Fsp3) is 0.344. The lowest BCUT2D eigenvalue weighted by Gasteiger charge is -2.19. The lowest BCUT2D eigenvalue weighted by molar-refractivity contribution is 0.201. The maximum atomic E-state index is 8.40. The zero-order valence-electron chi connectivity index (χ0n) is 23.9. The highest BCUT2D eigenvalue weighted by Crippen LogP contribution is 2.25. The van der Waals surface area contributed by atoms with Crippen LogP contribution in [0.15, 0.2) is 96.6 Å². The number of tetrazole rings is 1. The van der Waals surface area contributed by atoms with E-state index in [9.17, 15) is 0 Å². The van der Waals surface area contributed by atoms with Crippen LogP contribution in [-0.2, 0) is 6.54 Å². The number of nitrogens with zero attached hydrogens (tertiary/aromatic N) is 5. The summed E-state index contributed by atoms with van der Waals surface area (Å²) in [6.07, 6.45) is 12.8. The minimum atomic E-state index is 0.0644. The van der Waals surface area contributed by atoms with Gasteiger partial charge in [0.2, 0.25) is 0 Å². The summed E-state index contributed by atoms with van der Waals surface area (Å²) in [6, 6.07) is 19.8. The number of para-hydroxylation sites is 1. The minimum absolute atomic E-state index is 0.0644. The van der Waals surface area contributed by atoms with E-state index in [1.807, 2.05) is 41.1 Å². The molecule has 0 bridgehead atoms. The number of allylic oxidation sites excluding steroid dienone is 6. The summed E-state index contributed by atoms with van der Waals surface area (Å²) in [5.41, 5.74) is 3.55. The molecular formula is C32H42N6O2. The average Bonchev–Trinajstić information content (AvgIpc) is 3.37.